The van der Waals surface area contributed by atoms with Gasteiger partial charge in [0.1, 0.15) is 17.4 Å². The summed E-state index contributed by atoms with van der Waals surface area (Å²) in [4.78, 5) is 0. The largest absolute Gasteiger partial charge is 0.496 e. The maximum absolute atomic E-state index is 13.7. The SMILES string of the molecule is COc1cc(CNC(C)c2ccc(F)cc2F)ccc1C. The van der Waals surface area contributed by atoms with Crippen molar-refractivity contribution >= 4 is 0 Å². The van der Waals surface area contributed by atoms with Crippen LogP contribution in [-0.4, -0.2) is 7.11 Å². The Bertz CT molecular complexity index is 628. The summed E-state index contributed by atoms with van der Waals surface area (Å²) in [7, 11) is 1.63. The van der Waals surface area contributed by atoms with Crippen molar-refractivity contribution in [3.8, 4) is 5.75 Å². The van der Waals surface area contributed by atoms with Gasteiger partial charge in [0.05, 0.1) is 7.11 Å². The van der Waals surface area contributed by atoms with Crippen LogP contribution < -0.4 is 10.1 Å². The number of hydrogen-bond acceptors (Lipinski definition) is 2. The Kier molecular flexibility index (Phi) is 4.91. The average Bonchev–Trinajstić information content (AvgIpc) is 2.46. The van der Waals surface area contributed by atoms with Crippen LogP contribution in [0.4, 0.5) is 8.78 Å². The van der Waals surface area contributed by atoms with Crippen molar-refractivity contribution in [1.82, 2.24) is 5.32 Å². The molecule has 0 aliphatic carbocycles. The zero-order valence-corrected chi connectivity index (χ0v) is 12.4. The molecular formula is C17H19F2NO. The zero-order valence-electron chi connectivity index (χ0n) is 12.4. The predicted octanol–water partition coefficient (Wildman–Crippen LogP) is 4.13. The molecule has 2 rings (SSSR count). The summed E-state index contributed by atoms with van der Waals surface area (Å²) < 4.78 is 31.9. The van der Waals surface area contributed by atoms with Crippen LogP contribution in [0.2, 0.25) is 0 Å². The van der Waals surface area contributed by atoms with Gasteiger partial charge in [0.15, 0.2) is 0 Å². The molecule has 0 saturated carbocycles. The van der Waals surface area contributed by atoms with Crippen molar-refractivity contribution in [2.24, 2.45) is 0 Å². The van der Waals surface area contributed by atoms with Gasteiger partial charge in [0.2, 0.25) is 0 Å². The summed E-state index contributed by atoms with van der Waals surface area (Å²) in [6, 6.07) is 9.37. The quantitative estimate of drug-likeness (QED) is 0.894. The van der Waals surface area contributed by atoms with Crippen LogP contribution in [0.3, 0.4) is 0 Å². The lowest BCUT2D eigenvalue weighted by Crippen LogP contribution is -2.19. The fraction of sp³-hybridized carbons (Fsp3) is 0.294. The van der Waals surface area contributed by atoms with Crippen LogP contribution in [0.5, 0.6) is 5.75 Å². The van der Waals surface area contributed by atoms with Gasteiger partial charge in [0, 0.05) is 24.2 Å². The fourth-order valence-electron chi connectivity index (χ4n) is 2.21. The van der Waals surface area contributed by atoms with Crippen molar-refractivity contribution in [3.05, 3.63) is 64.7 Å². The molecule has 21 heavy (non-hydrogen) atoms. The third kappa shape index (κ3) is 3.79. The van der Waals surface area contributed by atoms with Gasteiger partial charge in [-0.25, -0.2) is 8.78 Å². The molecule has 4 heteroatoms. The lowest BCUT2D eigenvalue weighted by Gasteiger charge is -2.16. The van der Waals surface area contributed by atoms with E-state index in [-0.39, 0.29) is 6.04 Å². The van der Waals surface area contributed by atoms with E-state index >= 15 is 0 Å². The van der Waals surface area contributed by atoms with Crippen molar-refractivity contribution < 1.29 is 13.5 Å². The van der Waals surface area contributed by atoms with E-state index < -0.39 is 11.6 Å². The molecule has 0 bridgehead atoms. The average molecular weight is 291 g/mol. The van der Waals surface area contributed by atoms with Crippen molar-refractivity contribution in [3.63, 3.8) is 0 Å². The summed E-state index contributed by atoms with van der Waals surface area (Å²) in [6.45, 7) is 4.41. The third-order valence-electron chi connectivity index (χ3n) is 3.51. The summed E-state index contributed by atoms with van der Waals surface area (Å²) >= 11 is 0. The van der Waals surface area contributed by atoms with E-state index in [2.05, 4.69) is 5.32 Å². The number of aryl methyl sites for hydroxylation is 1. The standard InChI is InChI=1S/C17H19F2NO/c1-11-4-5-13(8-17(11)21-3)10-20-12(2)15-7-6-14(18)9-16(15)19/h4-9,12,20H,10H2,1-3H3. The highest BCUT2D eigenvalue weighted by molar-refractivity contribution is 5.36. The van der Waals surface area contributed by atoms with Crippen LogP contribution in [-0.2, 0) is 6.54 Å². The van der Waals surface area contributed by atoms with Crippen molar-refractivity contribution in [2.45, 2.75) is 26.4 Å². The van der Waals surface area contributed by atoms with Gasteiger partial charge in [-0.3, -0.25) is 0 Å². The van der Waals surface area contributed by atoms with E-state index in [0.717, 1.165) is 22.9 Å². The van der Waals surface area contributed by atoms with Gasteiger partial charge in [-0.1, -0.05) is 18.2 Å². The van der Waals surface area contributed by atoms with Gasteiger partial charge in [-0.05, 0) is 37.1 Å². The summed E-state index contributed by atoms with van der Waals surface area (Å²) in [5.74, 6) is -0.266. The highest BCUT2D eigenvalue weighted by atomic mass is 19.1. The first-order valence-electron chi connectivity index (χ1n) is 6.83. The molecule has 0 spiro atoms. The topological polar surface area (TPSA) is 21.3 Å². The monoisotopic (exact) mass is 291 g/mol. The van der Waals surface area contributed by atoms with E-state index in [9.17, 15) is 8.78 Å². The zero-order chi connectivity index (χ0) is 15.4. The maximum Gasteiger partial charge on any atom is 0.130 e. The molecule has 2 aromatic carbocycles. The van der Waals surface area contributed by atoms with Crippen LogP contribution in [0.25, 0.3) is 0 Å². The highest BCUT2D eigenvalue weighted by Gasteiger charge is 2.11. The summed E-state index contributed by atoms with van der Waals surface area (Å²) in [6.07, 6.45) is 0. The van der Waals surface area contributed by atoms with E-state index in [1.165, 1.54) is 12.1 Å². The van der Waals surface area contributed by atoms with E-state index in [4.69, 9.17) is 4.74 Å². The predicted molar refractivity (Wildman–Crippen MR) is 79.3 cm³/mol. The Labute approximate surface area is 123 Å². The molecule has 0 aliphatic heterocycles. The van der Waals surface area contributed by atoms with Crippen molar-refractivity contribution in [2.75, 3.05) is 7.11 Å². The van der Waals surface area contributed by atoms with E-state index in [1.807, 2.05) is 32.0 Å². The molecule has 0 saturated heterocycles. The first-order chi connectivity index (χ1) is 10.0. The molecule has 0 amide bonds. The molecule has 0 heterocycles. The van der Waals surface area contributed by atoms with E-state index in [1.54, 1.807) is 7.11 Å². The minimum atomic E-state index is -0.563. The molecule has 0 fully saturated rings. The first-order valence-corrected chi connectivity index (χ1v) is 6.83. The molecule has 1 unspecified atom stereocenters. The molecule has 1 N–H and O–H groups in total. The Morgan fingerprint density at radius 2 is 1.90 bits per heavy atom. The molecule has 0 aliphatic rings. The Balaban J connectivity index is 2.05. The normalized spacial score (nSPS) is 12.2. The minimum Gasteiger partial charge on any atom is -0.496 e. The second-order valence-corrected chi connectivity index (χ2v) is 5.07. The molecule has 0 aromatic heterocycles. The first kappa shape index (κ1) is 15.4. The number of benzene rings is 2. The number of hydrogen-bond donors (Lipinski definition) is 1. The van der Waals surface area contributed by atoms with Gasteiger partial charge in [-0.2, -0.15) is 0 Å². The third-order valence-corrected chi connectivity index (χ3v) is 3.51. The molecule has 1 atom stereocenters. The highest BCUT2D eigenvalue weighted by Crippen LogP contribution is 2.21. The second-order valence-electron chi connectivity index (χ2n) is 5.07. The Morgan fingerprint density at radius 1 is 1.14 bits per heavy atom. The molecule has 2 nitrogen and oxygen atoms in total. The van der Waals surface area contributed by atoms with Gasteiger partial charge in [-0.15, -0.1) is 0 Å². The lowest BCUT2D eigenvalue weighted by molar-refractivity contribution is 0.410. The number of nitrogens with one attached hydrogen (secondary N) is 1. The van der Waals surface area contributed by atoms with Crippen LogP contribution in [0.1, 0.15) is 29.7 Å². The molecule has 0 radical (unpaired) electrons. The maximum atomic E-state index is 13.7. The Hall–Kier alpha value is -1.94. The second kappa shape index (κ2) is 6.68. The van der Waals surface area contributed by atoms with Gasteiger partial charge < -0.3 is 10.1 Å². The van der Waals surface area contributed by atoms with Crippen LogP contribution in [0, 0.1) is 18.6 Å². The molecule has 2 aromatic rings. The lowest BCUT2D eigenvalue weighted by atomic mass is 10.1. The molecular weight excluding hydrogens is 272 g/mol. The summed E-state index contributed by atoms with van der Waals surface area (Å²) in [5, 5.41) is 3.23. The number of methoxy groups -OCH3 is 1. The molecule has 112 valence electrons. The summed E-state index contributed by atoms with van der Waals surface area (Å²) in [5.41, 5.74) is 2.57. The van der Waals surface area contributed by atoms with Gasteiger partial charge in [0.25, 0.3) is 0 Å². The minimum absolute atomic E-state index is 0.210. The van der Waals surface area contributed by atoms with Crippen LogP contribution >= 0.6 is 0 Å². The smallest absolute Gasteiger partial charge is 0.130 e. The van der Waals surface area contributed by atoms with Crippen LogP contribution in [0.15, 0.2) is 36.4 Å². The van der Waals surface area contributed by atoms with E-state index in [0.29, 0.717) is 12.1 Å². The van der Waals surface area contributed by atoms with Crippen molar-refractivity contribution in [1.29, 1.82) is 0 Å². The number of ether oxygens (including phenoxy) is 1. The number of halogens is 2. The fourth-order valence-corrected chi connectivity index (χ4v) is 2.21. The Morgan fingerprint density at radius 3 is 2.57 bits per heavy atom. The van der Waals surface area contributed by atoms with Gasteiger partial charge >= 0.3 is 0 Å². The number of rotatable bonds is 5.